The quantitative estimate of drug-likeness (QED) is 0.349. The number of nitrogens with one attached hydrogen (secondary N) is 1. The van der Waals surface area contributed by atoms with Gasteiger partial charge in [-0.25, -0.2) is 15.1 Å². The van der Waals surface area contributed by atoms with Crippen LogP contribution < -0.4 is 0 Å². The fourth-order valence-corrected chi connectivity index (χ4v) is 2.40. The summed E-state index contributed by atoms with van der Waals surface area (Å²) < 4.78 is 8.83. The van der Waals surface area contributed by atoms with Gasteiger partial charge in [-0.05, 0) is 60.7 Å². The number of ether oxygens (including phenoxy) is 2. The molecule has 0 amide bonds. The molecule has 1 radical (unpaired) electrons. The monoisotopic (exact) mass is 483 g/mol. The first kappa shape index (κ1) is 27.6. The molecule has 0 fully saturated rings. The molecule has 0 atom stereocenters. The summed E-state index contributed by atoms with van der Waals surface area (Å²) in [5, 5.41) is 3.49. The molecule has 30 heavy (non-hydrogen) atoms. The molecule has 1 N–H and O–H groups in total. The molecule has 0 saturated carbocycles. The second-order valence-corrected chi connectivity index (χ2v) is 6.34. The average Bonchev–Trinajstić information content (AvgIpc) is 2.72. The number of nitrogens with zero attached hydrogens (tertiary/aromatic N) is 1. The standard InChI is InChI=1S/C18H18N2O2.C5H8O2.Y/c1-13-9-16(12-17(10-13)20-19)11-15-5-3-14(4-6-15)7-8-18(21)22-2;1-4(2)5(6)7-3;/h3-10,12,19H,11H2,1-2H3;1H2,2-3H3;/b8-7+,20-19?;;. The van der Waals surface area contributed by atoms with E-state index in [1.165, 1.54) is 20.3 Å². The molecule has 0 aliphatic rings. The Balaban J connectivity index is 0.000000909. The van der Waals surface area contributed by atoms with Crippen molar-refractivity contribution in [1.29, 1.82) is 5.53 Å². The second kappa shape index (κ2) is 14.5. The van der Waals surface area contributed by atoms with E-state index in [9.17, 15) is 9.59 Å². The zero-order valence-electron chi connectivity index (χ0n) is 17.8. The Hall–Kier alpha value is -2.44. The summed E-state index contributed by atoms with van der Waals surface area (Å²) in [4.78, 5) is 21.2. The number of aryl methyl sites for hydroxylation is 1. The molecule has 0 bridgehead atoms. The van der Waals surface area contributed by atoms with Gasteiger partial charge in [0, 0.05) is 44.4 Å². The average molecular weight is 483 g/mol. The first-order valence-electron chi connectivity index (χ1n) is 8.85. The van der Waals surface area contributed by atoms with Gasteiger partial charge in [0.1, 0.15) is 0 Å². The van der Waals surface area contributed by atoms with Crippen molar-refractivity contribution >= 4 is 23.7 Å². The fraction of sp³-hybridized carbons (Fsp3) is 0.217. The predicted molar refractivity (Wildman–Crippen MR) is 113 cm³/mol. The van der Waals surface area contributed by atoms with Crippen molar-refractivity contribution in [2.24, 2.45) is 5.11 Å². The van der Waals surface area contributed by atoms with Gasteiger partial charge in [-0.3, -0.25) is 0 Å². The van der Waals surface area contributed by atoms with Gasteiger partial charge in [0.25, 0.3) is 0 Å². The van der Waals surface area contributed by atoms with Crippen LogP contribution in [-0.4, -0.2) is 26.2 Å². The Kier molecular flexibility index (Phi) is 13.4. The van der Waals surface area contributed by atoms with Crippen LogP contribution in [0.2, 0.25) is 0 Å². The number of esters is 2. The Morgan fingerprint density at radius 2 is 1.70 bits per heavy atom. The molecule has 0 aliphatic carbocycles. The molecule has 2 aromatic rings. The van der Waals surface area contributed by atoms with Crippen molar-refractivity contribution in [2.45, 2.75) is 20.3 Å². The van der Waals surface area contributed by atoms with Crippen LogP contribution in [0.4, 0.5) is 5.69 Å². The maximum atomic E-state index is 11.1. The van der Waals surface area contributed by atoms with Gasteiger partial charge < -0.3 is 9.47 Å². The maximum Gasteiger partial charge on any atom is 0.332 e. The van der Waals surface area contributed by atoms with Crippen LogP contribution in [0.5, 0.6) is 0 Å². The summed E-state index contributed by atoms with van der Waals surface area (Å²) in [5.41, 5.74) is 12.6. The van der Waals surface area contributed by atoms with E-state index in [2.05, 4.69) is 27.2 Å². The van der Waals surface area contributed by atoms with E-state index in [0.717, 1.165) is 28.7 Å². The number of carbonyl (C=O) groups is 2. The first-order valence-corrected chi connectivity index (χ1v) is 8.85. The van der Waals surface area contributed by atoms with Crippen molar-refractivity contribution in [2.75, 3.05) is 14.2 Å². The molecule has 0 heterocycles. The van der Waals surface area contributed by atoms with Gasteiger partial charge in [-0.15, -0.1) is 0 Å². The van der Waals surface area contributed by atoms with Gasteiger partial charge in [-0.1, -0.05) is 36.9 Å². The molecular weight excluding hydrogens is 457 g/mol. The molecule has 2 aromatic carbocycles. The van der Waals surface area contributed by atoms with Crippen molar-refractivity contribution in [1.82, 2.24) is 0 Å². The number of methoxy groups -OCH3 is 2. The third-order valence-electron chi connectivity index (χ3n) is 3.79. The molecule has 0 aliphatic heterocycles. The summed E-state index contributed by atoms with van der Waals surface area (Å²) in [6.07, 6.45) is 3.90. The van der Waals surface area contributed by atoms with Crippen LogP contribution in [0.15, 0.2) is 65.8 Å². The molecular formula is C23H26N2O4Y. The van der Waals surface area contributed by atoms with E-state index in [1.54, 1.807) is 13.0 Å². The summed E-state index contributed by atoms with van der Waals surface area (Å²) in [6, 6.07) is 13.9. The summed E-state index contributed by atoms with van der Waals surface area (Å²) in [6.45, 7) is 6.95. The van der Waals surface area contributed by atoms with Gasteiger partial charge >= 0.3 is 11.9 Å². The number of hydrogen-bond donors (Lipinski definition) is 1. The first-order chi connectivity index (χ1) is 13.8. The smallest absolute Gasteiger partial charge is 0.332 e. The molecule has 155 valence electrons. The summed E-state index contributed by atoms with van der Waals surface area (Å²) in [5.74, 6) is -0.712. The Morgan fingerprint density at radius 1 is 1.07 bits per heavy atom. The normalized spacial score (nSPS) is 9.60. The van der Waals surface area contributed by atoms with Crippen molar-refractivity contribution in [3.8, 4) is 0 Å². The van der Waals surface area contributed by atoms with Gasteiger partial charge in [0.15, 0.2) is 0 Å². The topological polar surface area (TPSA) is 88.8 Å². The molecule has 0 saturated heterocycles. The van der Waals surface area contributed by atoms with Crippen molar-refractivity contribution in [3.05, 3.63) is 82.9 Å². The number of rotatable bonds is 6. The molecule has 0 aromatic heterocycles. The third-order valence-corrected chi connectivity index (χ3v) is 3.79. The fourth-order valence-electron chi connectivity index (χ4n) is 2.40. The second-order valence-electron chi connectivity index (χ2n) is 6.34. The molecule has 7 heteroatoms. The maximum absolute atomic E-state index is 11.1. The van der Waals surface area contributed by atoms with Gasteiger partial charge in [0.2, 0.25) is 0 Å². The van der Waals surface area contributed by atoms with Crippen LogP contribution in [0.3, 0.4) is 0 Å². The third kappa shape index (κ3) is 10.4. The van der Waals surface area contributed by atoms with E-state index < -0.39 is 0 Å². The molecule has 6 nitrogen and oxygen atoms in total. The minimum atomic E-state index is -0.365. The van der Waals surface area contributed by atoms with Gasteiger partial charge in [0.05, 0.1) is 19.9 Å². The minimum Gasteiger partial charge on any atom is -0.466 e. The molecule has 0 spiro atoms. The van der Waals surface area contributed by atoms with E-state index >= 15 is 0 Å². The van der Waals surface area contributed by atoms with Gasteiger partial charge in [-0.2, -0.15) is 5.11 Å². The SMILES string of the molecule is C=C(C)C(=O)OC.COC(=O)/C=C/c1ccc(Cc2cc(C)cc(N=N)c2)cc1.[Y]. The molecule has 0 unspecified atom stereocenters. The van der Waals surface area contributed by atoms with E-state index in [0.29, 0.717) is 11.3 Å². The van der Waals surface area contributed by atoms with E-state index in [-0.39, 0.29) is 44.6 Å². The van der Waals surface area contributed by atoms with Crippen LogP contribution in [0.1, 0.15) is 29.2 Å². The molecule has 2 rings (SSSR count). The minimum absolute atomic E-state index is 0. The Bertz CT molecular complexity index is 906. The summed E-state index contributed by atoms with van der Waals surface area (Å²) >= 11 is 0. The zero-order valence-corrected chi connectivity index (χ0v) is 20.6. The number of hydrogen-bond acceptors (Lipinski definition) is 6. The zero-order chi connectivity index (χ0) is 21.8. The van der Waals surface area contributed by atoms with Crippen molar-refractivity contribution < 1.29 is 51.8 Å². The van der Waals surface area contributed by atoms with Crippen LogP contribution in [-0.2, 0) is 58.2 Å². The van der Waals surface area contributed by atoms with Crippen molar-refractivity contribution in [3.63, 3.8) is 0 Å². The summed E-state index contributed by atoms with van der Waals surface area (Å²) in [7, 11) is 2.69. The number of benzene rings is 2. The number of carbonyl (C=O) groups excluding carboxylic acids is 2. The van der Waals surface area contributed by atoms with Crippen LogP contribution >= 0.6 is 0 Å². The largest absolute Gasteiger partial charge is 0.466 e. The van der Waals surface area contributed by atoms with E-state index in [1.807, 2.05) is 43.3 Å². The van der Waals surface area contributed by atoms with Crippen LogP contribution in [0.25, 0.3) is 6.08 Å². The predicted octanol–water partition coefficient (Wildman–Crippen LogP) is 5.17. The van der Waals surface area contributed by atoms with E-state index in [4.69, 9.17) is 5.53 Å². The Labute approximate surface area is 202 Å². The Morgan fingerprint density at radius 3 is 2.17 bits per heavy atom. The van der Waals surface area contributed by atoms with Crippen LogP contribution in [0, 0.1) is 12.5 Å².